The zero-order valence-electron chi connectivity index (χ0n) is 32.7. The van der Waals surface area contributed by atoms with Crippen molar-refractivity contribution < 1.29 is 0 Å². The standard InChI is InChI=1S/C57H37N3/c1-2-16-39(17-3-1)60-52-28-13-10-25-49(52)58-57(60)37-31-29-36(30-32-37)41-33-34-42(56-54-47-23-6-4-21-45(47)53(55(41)56)46-22-5-7-24-48(46)54)38-15-14-18-40(35-38)59-50-26-11-8-19-43(50)44-20-9-12-27-51(44)59/h1-35,53-54H. The monoisotopic (exact) mass is 763 g/mol. The second-order valence-corrected chi connectivity index (χ2v) is 16.2. The van der Waals surface area contributed by atoms with E-state index in [9.17, 15) is 0 Å². The highest BCUT2D eigenvalue weighted by molar-refractivity contribution is 6.09. The van der Waals surface area contributed by atoms with Gasteiger partial charge in [0.25, 0.3) is 0 Å². The van der Waals surface area contributed by atoms with E-state index in [1.54, 1.807) is 0 Å². The molecule has 9 aromatic carbocycles. The summed E-state index contributed by atoms with van der Waals surface area (Å²) in [5.41, 5.74) is 21.4. The van der Waals surface area contributed by atoms with Gasteiger partial charge in [0.1, 0.15) is 5.82 Å². The fraction of sp³-hybridized carbons (Fsp3) is 0.0351. The maximum Gasteiger partial charge on any atom is 0.145 e. The summed E-state index contributed by atoms with van der Waals surface area (Å²) in [7, 11) is 0. The molecule has 0 radical (unpaired) electrons. The zero-order valence-corrected chi connectivity index (χ0v) is 32.7. The van der Waals surface area contributed by atoms with Crippen LogP contribution in [0.3, 0.4) is 0 Å². The highest BCUT2D eigenvalue weighted by Crippen LogP contribution is 2.60. The van der Waals surface area contributed by atoms with Gasteiger partial charge in [0, 0.05) is 39.5 Å². The van der Waals surface area contributed by atoms with Gasteiger partial charge in [0.15, 0.2) is 0 Å². The van der Waals surface area contributed by atoms with Crippen molar-refractivity contribution in [1.82, 2.24) is 14.1 Å². The van der Waals surface area contributed by atoms with Crippen molar-refractivity contribution in [1.29, 1.82) is 0 Å². The number of rotatable bonds is 5. The van der Waals surface area contributed by atoms with Crippen LogP contribution < -0.4 is 0 Å². The van der Waals surface area contributed by atoms with E-state index in [0.29, 0.717) is 0 Å². The fourth-order valence-electron chi connectivity index (χ4n) is 10.7. The molecule has 0 atom stereocenters. The lowest BCUT2D eigenvalue weighted by Gasteiger charge is -2.44. The summed E-state index contributed by atoms with van der Waals surface area (Å²) < 4.78 is 4.71. The third-order valence-electron chi connectivity index (χ3n) is 13.1. The van der Waals surface area contributed by atoms with E-state index in [2.05, 4.69) is 221 Å². The molecule has 0 N–H and O–H groups in total. The van der Waals surface area contributed by atoms with Gasteiger partial charge in [-0.05, 0) is 104 Å². The molecule has 0 fully saturated rings. The van der Waals surface area contributed by atoms with Gasteiger partial charge in [-0.1, -0.05) is 164 Å². The molecule has 280 valence electrons. The molecule has 11 aromatic rings. The summed E-state index contributed by atoms with van der Waals surface area (Å²) in [6.07, 6.45) is 0. The number of fused-ring (bicyclic) bond motifs is 4. The van der Waals surface area contributed by atoms with Gasteiger partial charge in [-0.15, -0.1) is 0 Å². The van der Waals surface area contributed by atoms with Crippen molar-refractivity contribution in [2.75, 3.05) is 0 Å². The first-order valence-corrected chi connectivity index (χ1v) is 20.9. The molecule has 60 heavy (non-hydrogen) atoms. The summed E-state index contributed by atoms with van der Waals surface area (Å²) in [5.74, 6) is 1.18. The molecule has 3 aliphatic rings. The van der Waals surface area contributed by atoms with Gasteiger partial charge in [0.05, 0.1) is 22.1 Å². The van der Waals surface area contributed by atoms with Gasteiger partial charge in [-0.2, -0.15) is 0 Å². The Morgan fingerprint density at radius 1 is 0.333 bits per heavy atom. The summed E-state index contributed by atoms with van der Waals surface area (Å²) in [6, 6.07) is 78.0. The highest BCUT2D eigenvalue weighted by Gasteiger charge is 2.43. The second-order valence-electron chi connectivity index (χ2n) is 16.2. The molecule has 0 saturated carbocycles. The highest BCUT2D eigenvalue weighted by atomic mass is 15.1. The Kier molecular flexibility index (Phi) is 7.13. The molecule has 3 aliphatic carbocycles. The van der Waals surface area contributed by atoms with Crippen LogP contribution >= 0.6 is 0 Å². The maximum atomic E-state index is 5.18. The van der Waals surface area contributed by atoms with Crippen LogP contribution in [0.1, 0.15) is 45.2 Å². The predicted molar refractivity (Wildman–Crippen MR) is 246 cm³/mol. The number of para-hydroxylation sites is 5. The number of aromatic nitrogens is 3. The van der Waals surface area contributed by atoms with Crippen LogP contribution in [0.4, 0.5) is 0 Å². The average Bonchev–Trinajstić information content (AvgIpc) is 3.88. The van der Waals surface area contributed by atoms with Crippen molar-refractivity contribution in [3.63, 3.8) is 0 Å². The van der Waals surface area contributed by atoms with E-state index in [0.717, 1.165) is 28.1 Å². The molecule has 3 heteroatoms. The number of benzene rings is 9. The lowest BCUT2D eigenvalue weighted by molar-refractivity contribution is 0.757. The van der Waals surface area contributed by atoms with Crippen molar-refractivity contribution >= 4 is 32.8 Å². The Bertz CT molecular complexity index is 3400. The summed E-state index contributed by atoms with van der Waals surface area (Å²) >= 11 is 0. The maximum absolute atomic E-state index is 5.18. The van der Waals surface area contributed by atoms with Crippen LogP contribution in [-0.4, -0.2) is 14.1 Å². The third kappa shape index (κ3) is 4.75. The Balaban J connectivity index is 1.01. The molecule has 2 heterocycles. The van der Waals surface area contributed by atoms with E-state index in [1.165, 1.54) is 83.1 Å². The molecule has 0 saturated heterocycles. The molecule has 2 aromatic heterocycles. The Hall–Kier alpha value is -7.75. The Morgan fingerprint density at radius 3 is 1.43 bits per heavy atom. The first-order chi connectivity index (χ1) is 29.8. The van der Waals surface area contributed by atoms with Crippen molar-refractivity contribution in [2.45, 2.75) is 11.8 Å². The van der Waals surface area contributed by atoms with Crippen LogP contribution in [0.25, 0.3) is 77.9 Å². The smallest absolute Gasteiger partial charge is 0.145 e. The van der Waals surface area contributed by atoms with Crippen LogP contribution in [0.2, 0.25) is 0 Å². The van der Waals surface area contributed by atoms with E-state index in [4.69, 9.17) is 4.98 Å². The Labute approximate surface area is 348 Å². The lowest BCUT2D eigenvalue weighted by atomic mass is 9.58. The molecule has 3 nitrogen and oxygen atoms in total. The van der Waals surface area contributed by atoms with Gasteiger partial charge in [0.2, 0.25) is 0 Å². The predicted octanol–water partition coefficient (Wildman–Crippen LogP) is 14.1. The third-order valence-corrected chi connectivity index (χ3v) is 13.1. The summed E-state index contributed by atoms with van der Waals surface area (Å²) in [4.78, 5) is 5.18. The minimum absolute atomic E-state index is 0.120. The first-order valence-electron chi connectivity index (χ1n) is 20.9. The van der Waals surface area contributed by atoms with Crippen LogP contribution in [-0.2, 0) is 0 Å². The molecule has 0 spiro atoms. The lowest BCUT2D eigenvalue weighted by Crippen LogP contribution is -2.28. The molecule has 14 rings (SSSR count). The second kappa shape index (κ2) is 12.9. The minimum atomic E-state index is 0.120. The largest absolute Gasteiger partial charge is 0.309 e. The van der Waals surface area contributed by atoms with Gasteiger partial charge in [-0.3, -0.25) is 4.57 Å². The van der Waals surface area contributed by atoms with Gasteiger partial charge >= 0.3 is 0 Å². The average molecular weight is 764 g/mol. The summed E-state index contributed by atoms with van der Waals surface area (Å²) in [6.45, 7) is 0. The number of imidazole rings is 1. The molecular weight excluding hydrogens is 727 g/mol. The minimum Gasteiger partial charge on any atom is -0.309 e. The topological polar surface area (TPSA) is 22.8 Å². The normalized spacial score (nSPS) is 15.0. The van der Waals surface area contributed by atoms with Crippen LogP contribution in [0, 0.1) is 0 Å². The van der Waals surface area contributed by atoms with E-state index < -0.39 is 0 Å². The zero-order chi connectivity index (χ0) is 39.3. The first kappa shape index (κ1) is 33.2. The van der Waals surface area contributed by atoms with Gasteiger partial charge in [-0.25, -0.2) is 4.98 Å². The number of nitrogens with zero attached hydrogens (tertiary/aromatic N) is 3. The van der Waals surface area contributed by atoms with E-state index in [-0.39, 0.29) is 11.8 Å². The van der Waals surface area contributed by atoms with Crippen molar-refractivity contribution in [3.05, 3.63) is 246 Å². The molecular formula is C57H37N3. The van der Waals surface area contributed by atoms with Crippen molar-refractivity contribution in [2.24, 2.45) is 0 Å². The Morgan fingerprint density at radius 2 is 0.817 bits per heavy atom. The van der Waals surface area contributed by atoms with Crippen LogP contribution in [0.15, 0.2) is 212 Å². The molecule has 2 bridgehead atoms. The van der Waals surface area contributed by atoms with Crippen molar-refractivity contribution in [3.8, 4) is 45.0 Å². The molecule has 0 aliphatic heterocycles. The SMILES string of the molecule is c1ccc(-n2c(-c3ccc(-c4ccc(-c5cccc(-n6c7ccccc7c7ccccc76)c5)c5c4C4c6ccccc6C5c5ccccc54)cc3)nc3ccccc32)cc1. The van der Waals surface area contributed by atoms with E-state index >= 15 is 0 Å². The van der Waals surface area contributed by atoms with Gasteiger partial charge < -0.3 is 4.57 Å². The van der Waals surface area contributed by atoms with Crippen LogP contribution in [0.5, 0.6) is 0 Å². The molecule has 0 unspecified atom stereocenters. The summed E-state index contributed by atoms with van der Waals surface area (Å²) in [5, 5.41) is 2.54. The number of hydrogen-bond acceptors (Lipinski definition) is 1. The van der Waals surface area contributed by atoms with E-state index in [1.807, 2.05) is 0 Å². The fourth-order valence-corrected chi connectivity index (χ4v) is 10.7. The number of hydrogen-bond donors (Lipinski definition) is 0. The molecule has 0 amide bonds. The quantitative estimate of drug-likeness (QED) is 0.171.